The molecule has 1 saturated carbocycles. The van der Waals surface area contributed by atoms with Crippen LogP contribution in [0.25, 0.3) is 0 Å². The lowest BCUT2D eigenvalue weighted by Gasteiger charge is -2.28. The zero-order valence-corrected chi connectivity index (χ0v) is 39.6. The van der Waals surface area contributed by atoms with Crippen molar-refractivity contribution in [2.24, 2.45) is 5.92 Å². The number of rotatable bonds is 12. The van der Waals surface area contributed by atoms with E-state index in [1.165, 1.54) is 113 Å². The van der Waals surface area contributed by atoms with Crippen LogP contribution in [0.2, 0.25) is 0 Å². The number of hydrogen-bond donors (Lipinski definition) is 0. The van der Waals surface area contributed by atoms with Crippen LogP contribution in [0.15, 0.2) is 122 Å². The molecule has 3 aliphatic rings. The number of aromatic nitrogens is 4. The van der Waals surface area contributed by atoms with Crippen molar-refractivity contribution in [2.75, 3.05) is 34.5 Å². The van der Waals surface area contributed by atoms with Crippen molar-refractivity contribution in [3.8, 4) is 5.75 Å². The average Bonchev–Trinajstić information content (AvgIpc) is 4.20. The molecule has 0 bridgehead atoms. The number of imidazole rings is 2. The van der Waals surface area contributed by atoms with E-state index in [-0.39, 0.29) is 23.5 Å². The lowest BCUT2D eigenvalue weighted by Crippen LogP contribution is -2.34. The fourth-order valence-electron chi connectivity index (χ4n) is 7.18. The summed E-state index contributed by atoms with van der Waals surface area (Å²) in [7, 11) is 0.785. The Hall–Kier alpha value is -5.88. The Kier molecular flexibility index (Phi) is 20.3. The molecule has 0 N–H and O–H groups in total. The Morgan fingerprint density at radius 3 is 1.44 bits per heavy atom. The number of hydrogen-bond acceptors (Lipinski definition) is 10. The van der Waals surface area contributed by atoms with Gasteiger partial charge >= 0.3 is 23.8 Å². The molecule has 0 unspecified atom stereocenters. The second kappa shape index (κ2) is 26.0. The largest absolute Gasteiger partial charge is 0.458 e. The molecule has 2 aromatic heterocycles. The number of ether oxygens (including phenoxy) is 2. The number of benzene rings is 3. The predicted octanol–water partition coefficient (Wildman–Crippen LogP) is 8.98. The summed E-state index contributed by atoms with van der Waals surface area (Å²) in [6, 6.07) is 24.6. The zero-order valence-electron chi connectivity index (χ0n) is 38.0. The Morgan fingerprint density at radius 1 is 0.588 bits per heavy atom. The maximum Gasteiger partial charge on any atom is 0.382 e. The van der Waals surface area contributed by atoms with Crippen LogP contribution in [0.3, 0.4) is 0 Å². The summed E-state index contributed by atoms with van der Waals surface area (Å²) < 4.78 is 62.7. The van der Waals surface area contributed by atoms with Crippen LogP contribution in [-0.2, 0) is 36.1 Å². The van der Waals surface area contributed by atoms with Gasteiger partial charge in [0.1, 0.15) is 47.5 Å². The highest BCUT2D eigenvalue weighted by molar-refractivity contribution is 7.98. The normalized spacial score (nSPS) is 17.2. The van der Waals surface area contributed by atoms with E-state index in [2.05, 4.69) is 14.7 Å². The van der Waals surface area contributed by atoms with Crippen LogP contribution in [0.5, 0.6) is 5.75 Å². The first-order valence-corrected chi connectivity index (χ1v) is 25.7. The molecule has 0 spiro atoms. The van der Waals surface area contributed by atoms with E-state index < -0.39 is 29.9 Å². The van der Waals surface area contributed by atoms with Gasteiger partial charge in [-0.3, -0.25) is 28.3 Å². The Bertz CT molecular complexity index is 2290. The number of carbonyl (C=O) groups excluding carboxylic acids is 6. The van der Waals surface area contributed by atoms with Crippen LogP contribution in [-0.4, -0.2) is 107 Å². The second-order valence-corrected chi connectivity index (χ2v) is 21.1. The molecule has 18 heteroatoms. The smallest absolute Gasteiger partial charge is 0.382 e. The minimum atomic E-state index is -3.56. The molecule has 362 valence electrons. The van der Waals surface area contributed by atoms with Crippen molar-refractivity contribution >= 4 is 57.1 Å². The monoisotopic (exact) mass is 980 g/mol. The van der Waals surface area contributed by atoms with Gasteiger partial charge in [0.15, 0.2) is 11.5 Å². The number of esters is 2. The SMILES string of the molecule is CC(F)(F)C(=O)OC1CCC(C(=O)n2ccnc2)CC1.CC(F)(F)C(=O)Oc1ccc(C(=O)n2ccnc2)cc1.O=C(C[S+]1CCCC1)c1ccccc1.O=C(C[S+]1CCCC1)c1ccccc1. The molecule has 3 fully saturated rings. The molecule has 2 saturated heterocycles. The third-order valence-electron chi connectivity index (χ3n) is 10.9. The van der Waals surface area contributed by atoms with E-state index >= 15 is 0 Å². The predicted molar refractivity (Wildman–Crippen MR) is 254 cm³/mol. The lowest BCUT2D eigenvalue weighted by molar-refractivity contribution is -0.176. The third-order valence-corrected chi connectivity index (χ3v) is 15.7. The van der Waals surface area contributed by atoms with Crippen LogP contribution in [0.1, 0.15) is 101 Å². The molecule has 0 amide bonds. The van der Waals surface area contributed by atoms with Crippen LogP contribution in [0.4, 0.5) is 17.6 Å². The summed E-state index contributed by atoms with van der Waals surface area (Å²) in [5.74, 6) is -3.48. The van der Waals surface area contributed by atoms with E-state index in [9.17, 15) is 46.3 Å². The van der Waals surface area contributed by atoms with Gasteiger partial charge in [0.2, 0.25) is 17.5 Å². The number of carbonyl (C=O) groups is 6. The van der Waals surface area contributed by atoms with Gasteiger partial charge in [-0.2, -0.15) is 17.6 Å². The van der Waals surface area contributed by atoms with Crippen molar-refractivity contribution in [1.29, 1.82) is 0 Å². The van der Waals surface area contributed by atoms with Crippen molar-refractivity contribution in [2.45, 2.75) is 83.2 Å². The topological polar surface area (TPSA) is 157 Å². The van der Waals surface area contributed by atoms with Gasteiger partial charge in [0, 0.05) is 61.2 Å². The number of alkyl halides is 4. The van der Waals surface area contributed by atoms with E-state index in [1.54, 1.807) is 6.20 Å². The molecule has 2 aliphatic heterocycles. The van der Waals surface area contributed by atoms with Crippen molar-refractivity contribution in [1.82, 2.24) is 19.1 Å². The standard InChI is InChI=1S/C13H16F2N2O3.C13H10F2N2O3.2C12H15OS/c2*1-13(14,15)12(19)20-10-4-2-9(3-5-10)11(18)17-7-6-16-8-17;2*13-12(10-14-8-4-5-9-14)11-6-2-1-3-7-11/h6-10H,2-5H2,1H3;2-8H,1H3;2*1-3,6-7H,4-5,8-10H2/q;;2*+1. The molecule has 0 radical (unpaired) electrons. The highest BCUT2D eigenvalue weighted by Crippen LogP contribution is 2.29. The van der Waals surface area contributed by atoms with Crippen molar-refractivity contribution in [3.05, 3.63) is 139 Å². The highest BCUT2D eigenvalue weighted by Gasteiger charge is 2.38. The molecular formula is C50H56F4N4O8S2+2. The first kappa shape index (κ1) is 53.1. The fourth-order valence-corrected chi connectivity index (χ4v) is 11.7. The number of nitrogens with zero attached hydrogens (tertiary/aromatic N) is 4. The first-order chi connectivity index (χ1) is 32.5. The molecule has 4 heterocycles. The number of halogens is 4. The quantitative estimate of drug-likeness (QED) is 0.0389. The molecular weight excluding hydrogens is 925 g/mol. The Morgan fingerprint density at radius 2 is 1.03 bits per heavy atom. The second-order valence-electron chi connectivity index (χ2n) is 16.5. The van der Waals surface area contributed by atoms with Gasteiger partial charge in [-0.1, -0.05) is 60.7 Å². The van der Waals surface area contributed by atoms with Crippen LogP contribution in [0, 0.1) is 5.92 Å². The van der Waals surface area contributed by atoms with Crippen molar-refractivity contribution in [3.63, 3.8) is 0 Å². The highest BCUT2D eigenvalue weighted by atomic mass is 32.2. The van der Waals surface area contributed by atoms with Gasteiger partial charge in [0.25, 0.3) is 5.91 Å². The average molecular weight is 981 g/mol. The number of ketones is 2. The fraction of sp³-hybridized carbons (Fsp3) is 0.400. The molecule has 12 nitrogen and oxygen atoms in total. The summed E-state index contributed by atoms with van der Waals surface area (Å²) in [5.41, 5.74) is 2.07. The van der Waals surface area contributed by atoms with Gasteiger partial charge in [-0.25, -0.2) is 19.6 Å². The van der Waals surface area contributed by atoms with Gasteiger partial charge in [-0.15, -0.1) is 0 Å². The molecule has 5 aromatic rings. The first-order valence-electron chi connectivity index (χ1n) is 22.3. The zero-order chi connectivity index (χ0) is 49.1. The number of Topliss-reactive ketones (excluding diaryl/α,β-unsaturated/α-hetero) is 2. The summed E-state index contributed by atoms with van der Waals surface area (Å²) in [6.45, 7) is 0.968. The van der Waals surface area contributed by atoms with Gasteiger partial charge < -0.3 is 9.47 Å². The van der Waals surface area contributed by atoms with Gasteiger partial charge in [0.05, 0.1) is 0 Å². The molecule has 1 aliphatic carbocycles. The Balaban J connectivity index is 0.000000172. The summed E-state index contributed by atoms with van der Waals surface area (Å²) in [6.07, 6.45) is 15.5. The van der Waals surface area contributed by atoms with E-state index in [4.69, 9.17) is 4.74 Å². The summed E-state index contributed by atoms with van der Waals surface area (Å²) in [5, 5.41) is 0. The minimum Gasteiger partial charge on any atom is -0.458 e. The van der Waals surface area contributed by atoms with E-state index in [1.807, 2.05) is 60.7 Å². The minimum absolute atomic E-state index is 0.0568. The summed E-state index contributed by atoms with van der Waals surface area (Å²) >= 11 is 0. The third kappa shape index (κ3) is 17.3. The maximum atomic E-state index is 12.7. The van der Waals surface area contributed by atoms with E-state index in [0.717, 1.165) is 22.6 Å². The Labute approximate surface area is 398 Å². The summed E-state index contributed by atoms with van der Waals surface area (Å²) in [4.78, 5) is 77.2. The van der Waals surface area contributed by atoms with E-state index in [0.29, 0.717) is 78.5 Å². The maximum absolute atomic E-state index is 12.7. The molecule has 68 heavy (non-hydrogen) atoms. The molecule has 0 atom stereocenters. The van der Waals surface area contributed by atoms with Crippen LogP contribution >= 0.6 is 0 Å². The van der Waals surface area contributed by atoms with Crippen LogP contribution < -0.4 is 4.74 Å². The molecule has 3 aromatic carbocycles. The van der Waals surface area contributed by atoms with Crippen molar-refractivity contribution < 1.29 is 55.8 Å². The lowest BCUT2D eigenvalue weighted by atomic mass is 9.86. The van der Waals surface area contributed by atoms with Gasteiger partial charge in [-0.05, 0) is 97.4 Å². The molecule has 8 rings (SSSR count).